The van der Waals surface area contributed by atoms with Gasteiger partial charge in [0.15, 0.2) is 0 Å². The number of carbonyl (C=O) groups excluding carboxylic acids is 1. The number of fused-ring (bicyclic) bond motifs is 1. The molecule has 2 aromatic rings. The zero-order valence-corrected chi connectivity index (χ0v) is 18.2. The Morgan fingerprint density at radius 2 is 2.07 bits per heavy atom. The quantitative estimate of drug-likeness (QED) is 0.677. The first kappa shape index (κ1) is 21.4. The summed E-state index contributed by atoms with van der Waals surface area (Å²) in [5.41, 5.74) is 1.86. The molecule has 1 amide bonds. The van der Waals surface area contributed by atoms with Gasteiger partial charge in [0.2, 0.25) is 5.88 Å². The number of hydrogen-bond donors (Lipinski definition) is 0. The number of ether oxygens (including phenoxy) is 3. The molecule has 0 radical (unpaired) electrons. The van der Waals surface area contributed by atoms with E-state index in [1.165, 1.54) is 5.69 Å². The van der Waals surface area contributed by atoms with Crippen LogP contribution in [0.25, 0.3) is 10.9 Å². The summed E-state index contributed by atoms with van der Waals surface area (Å²) in [5.74, 6) is 0.867. The fraction of sp³-hybridized carbons (Fsp3) is 0.636. The van der Waals surface area contributed by atoms with Gasteiger partial charge in [-0.15, -0.1) is 0 Å². The van der Waals surface area contributed by atoms with Gasteiger partial charge < -0.3 is 23.7 Å². The molecule has 0 spiro atoms. The highest BCUT2D eigenvalue weighted by Crippen LogP contribution is 2.33. The standard InChI is InChI=1S/C22H33N3O4/c1-22(2,3)29-21(26)24-9-6-8-16(15-24)18-12-17-14-23-20(28-5)13-19(17)25(18)10-7-11-27-4/h12-14,16H,6-11,15H2,1-5H3. The van der Waals surface area contributed by atoms with E-state index in [9.17, 15) is 4.79 Å². The van der Waals surface area contributed by atoms with Crippen LogP contribution in [0.3, 0.4) is 0 Å². The second kappa shape index (κ2) is 9.03. The van der Waals surface area contributed by atoms with Gasteiger partial charge in [-0.2, -0.15) is 0 Å². The van der Waals surface area contributed by atoms with E-state index in [-0.39, 0.29) is 12.0 Å². The molecule has 0 saturated carbocycles. The lowest BCUT2D eigenvalue weighted by Crippen LogP contribution is -2.42. The zero-order valence-electron chi connectivity index (χ0n) is 18.2. The van der Waals surface area contributed by atoms with Crippen molar-refractivity contribution in [2.45, 2.75) is 58.1 Å². The van der Waals surface area contributed by atoms with Gasteiger partial charge in [-0.05, 0) is 46.1 Å². The summed E-state index contributed by atoms with van der Waals surface area (Å²) in [4.78, 5) is 18.8. The van der Waals surface area contributed by atoms with Gasteiger partial charge in [-0.25, -0.2) is 9.78 Å². The van der Waals surface area contributed by atoms with Crippen molar-refractivity contribution in [3.05, 3.63) is 24.0 Å². The van der Waals surface area contributed by atoms with Gasteiger partial charge in [0.05, 0.1) is 12.6 Å². The molecule has 3 rings (SSSR count). The maximum Gasteiger partial charge on any atom is 0.410 e. The van der Waals surface area contributed by atoms with Crippen molar-refractivity contribution in [3.8, 4) is 5.88 Å². The van der Waals surface area contributed by atoms with Crippen LogP contribution in [0.2, 0.25) is 0 Å². The molecule has 1 aliphatic heterocycles. The molecule has 0 aliphatic carbocycles. The number of hydrogen-bond acceptors (Lipinski definition) is 5. The Morgan fingerprint density at radius 3 is 2.76 bits per heavy atom. The lowest BCUT2D eigenvalue weighted by Gasteiger charge is -2.34. The van der Waals surface area contributed by atoms with Crippen LogP contribution in [-0.4, -0.2) is 60.1 Å². The minimum absolute atomic E-state index is 0.229. The highest BCUT2D eigenvalue weighted by molar-refractivity contribution is 5.81. The minimum atomic E-state index is -0.485. The van der Waals surface area contributed by atoms with Crippen molar-refractivity contribution in [1.29, 1.82) is 0 Å². The van der Waals surface area contributed by atoms with E-state index >= 15 is 0 Å². The molecule has 0 aromatic carbocycles. The predicted molar refractivity (Wildman–Crippen MR) is 113 cm³/mol. The summed E-state index contributed by atoms with van der Waals surface area (Å²) in [6, 6.07) is 4.19. The molecule has 1 saturated heterocycles. The topological polar surface area (TPSA) is 65.8 Å². The van der Waals surface area contributed by atoms with E-state index in [1.807, 2.05) is 37.9 Å². The number of methoxy groups -OCH3 is 2. The Balaban J connectivity index is 1.88. The Morgan fingerprint density at radius 1 is 1.28 bits per heavy atom. The van der Waals surface area contributed by atoms with Crippen LogP contribution >= 0.6 is 0 Å². The maximum absolute atomic E-state index is 12.6. The highest BCUT2D eigenvalue weighted by atomic mass is 16.6. The van der Waals surface area contributed by atoms with Crippen molar-refractivity contribution in [2.75, 3.05) is 33.9 Å². The summed E-state index contributed by atoms with van der Waals surface area (Å²) >= 11 is 0. The highest BCUT2D eigenvalue weighted by Gasteiger charge is 2.30. The number of nitrogens with zero attached hydrogens (tertiary/aromatic N) is 3. The van der Waals surface area contributed by atoms with E-state index in [2.05, 4.69) is 15.6 Å². The SMILES string of the molecule is COCCCn1c(C2CCCN(C(=O)OC(C)(C)C)C2)cc2cnc(OC)cc21. The first-order valence-corrected chi connectivity index (χ1v) is 10.3. The summed E-state index contributed by atoms with van der Waals surface area (Å²) in [6.07, 6.45) is 4.56. The smallest absolute Gasteiger partial charge is 0.410 e. The number of aromatic nitrogens is 2. The first-order chi connectivity index (χ1) is 13.8. The number of amides is 1. The Kier molecular flexibility index (Phi) is 6.67. The number of aryl methyl sites for hydroxylation is 1. The van der Waals surface area contributed by atoms with E-state index in [4.69, 9.17) is 14.2 Å². The number of pyridine rings is 1. The van der Waals surface area contributed by atoms with E-state index in [0.717, 1.165) is 43.3 Å². The zero-order chi connectivity index (χ0) is 21.0. The van der Waals surface area contributed by atoms with E-state index in [0.29, 0.717) is 19.0 Å². The Hall–Kier alpha value is -2.28. The molecule has 1 fully saturated rings. The average molecular weight is 404 g/mol. The first-order valence-electron chi connectivity index (χ1n) is 10.3. The summed E-state index contributed by atoms with van der Waals surface area (Å²) < 4.78 is 18.5. The molecule has 0 bridgehead atoms. The largest absolute Gasteiger partial charge is 0.481 e. The predicted octanol–water partition coefficient (Wildman–Crippen LogP) is 4.20. The molecule has 29 heavy (non-hydrogen) atoms. The summed E-state index contributed by atoms with van der Waals surface area (Å²) in [5, 5.41) is 1.09. The molecule has 1 atom stereocenters. The van der Waals surface area contributed by atoms with Crippen molar-refractivity contribution in [3.63, 3.8) is 0 Å². The van der Waals surface area contributed by atoms with Gasteiger partial charge in [0.25, 0.3) is 0 Å². The van der Waals surface area contributed by atoms with Crippen LogP contribution < -0.4 is 4.74 Å². The Labute approximate surface area is 172 Å². The average Bonchev–Trinajstić information content (AvgIpc) is 3.05. The van der Waals surface area contributed by atoms with Gasteiger partial charge in [-0.3, -0.25) is 0 Å². The molecular formula is C22H33N3O4. The second-order valence-electron chi connectivity index (χ2n) is 8.62. The molecule has 0 N–H and O–H groups in total. The van der Waals surface area contributed by atoms with Crippen molar-refractivity contribution < 1.29 is 19.0 Å². The fourth-order valence-corrected chi connectivity index (χ4v) is 3.94. The van der Waals surface area contributed by atoms with Crippen LogP contribution in [-0.2, 0) is 16.0 Å². The second-order valence-corrected chi connectivity index (χ2v) is 8.62. The van der Waals surface area contributed by atoms with Gasteiger partial charge in [0, 0.05) is 62.6 Å². The third-order valence-electron chi connectivity index (χ3n) is 5.22. The summed E-state index contributed by atoms with van der Waals surface area (Å²) in [6.45, 7) is 8.67. The van der Waals surface area contributed by atoms with Crippen LogP contribution in [0.15, 0.2) is 18.3 Å². The van der Waals surface area contributed by atoms with Crippen LogP contribution in [0, 0.1) is 0 Å². The lowest BCUT2D eigenvalue weighted by atomic mass is 9.94. The van der Waals surface area contributed by atoms with Crippen LogP contribution in [0.1, 0.15) is 51.6 Å². The summed E-state index contributed by atoms with van der Waals surface area (Å²) in [7, 11) is 3.36. The number of piperidine rings is 1. The lowest BCUT2D eigenvalue weighted by molar-refractivity contribution is 0.0196. The normalized spacial score (nSPS) is 17.6. The number of likely N-dealkylation sites (tertiary alicyclic amines) is 1. The van der Waals surface area contributed by atoms with Gasteiger partial charge in [-0.1, -0.05) is 0 Å². The van der Waals surface area contributed by atoms with Crippen LogP contribution in [0.4, 0.5) is 4.79 Å². The maximum atomic E-state index is 12.6. The molecule has 7 heteroatoms. The molecular weight excluding hydrogens is 370 g/mol. The van der Waals surface area contributed by atoms with E-state index in [1.54, 1.807) is 14.2 Å². The number of rotatable bonds is 6. The monoisotopic (exact) mass is 403 g/mol. The van der Waals surface area contributed by atoms with Gasteiger partial charge >= 0.3 is 6.09 Å². The van der Waals surface area contributed by atoms with E-state index < -0.39 is 5.60 Å². The molecule has 2 aromatic heterocycles. The molecule has 7 nitrogen and oxygen atoms in total. The minimum Gasteiger partial charge on any atom is -0.481 e. The van der Waals surface area contributed by atoms with Crippen LogP contribution in [0.5, 0.6) is 5.88 Å². The third kappa shape index (κ3) is 5.21. The fourth-order valence-electron chi connectivity index (χ4n) is 3.94. The van der Waals surface area contributed by atoms with Crippen molar-refractivity contribution in [2.24, 2.45) is 0 Å². The molecule has 3 heterocycles. The molecule has 1 unspecified atom stereocenters. The molecule has 160 valence electrons. The van der Waals surface area contributed by atoms with Gasteiger partial charge in [0.1, 0.15) is 5.60 Å². The van der Waals surface area contributed by atoms with Crippen molar-refractivity contribution in [1.82, 2.24) is 14.5 Å². The molecule has 1 aliphatic rings. The Bertz CT molecular complexity index is 840. The number of carbonyl (C=O) groups is 1. The third-order valence-corrected chi connectivity index (χ3v) is 5.22. The van der Waals surface area contributed by atoms with Crippen molar-refractivity contribution >= 4 is 17.0 Å².